The molecule has 6 rings (SSSR count). The molecule has 1 aliphatic carbocycles. The minimum Gasteiger partial charge on any atom is -0.507 e. The first-order chi connectivity index (χ1) is 18.4. The number of carbonyl (C=O) groups is 2. The maximum atomic E-state index is 13.3. The van der Waals surface area contributed by atoms with Gasteiger partial charge in [0.05, 0.1) is 38.3 Å². The number of nitrogens with one attached hydrogen (secondary N) is 1. The molecule has 0 radical (unpaired) electrons. The summed E-state index contributed by atoms with van der Waals surface area (Å²) in [5.41, 5.74) is 2.24. The second kappa shape index (κ2) is 9.05. The van der Waals surface area contributed by atoms with Crippen LogP contribution in [0.2, 0.25) is 0 Å². The third kappa shape index (κ3) is 3.63. The number of benzene rings is 3. The summed E-state index contributed by atoms with van der Waals surface area (Å²) in [7, 11) is 2.87. The predicted molar refractivity (Wildman–Crippen MR) is 132 cm³/mol. The first-order valence-corrected chi connectivity index (χ1v) is 12.0. The van der Waals surface area contributed by atoms with Gasteiger partial charge in [-0.25, -0.2) is 0 Å². The Balaban J connectivity index is 1.52. The summed E-state index contributed by atoms with van der Waals surface area (Å²) in [6.07, 6.45) is 0. The van der Waals surface area contributed by atoms with Crippen LogP contribution in [0.4, 0.5) is 0 Å². The van der Waals surface area contributed by atoms with Crippen molar-refractivity contribution in [2.75, 3.05) is 27.6 Å². The molecule has 1 amide bonds. The maximum Gasteiger partial charge on any atom is 0.310 e. The van der Waals surface area contributed by atoms with Crippen LogP contribution in [0.3, 0.4) is 0 Å². The summed E-state index contributed by atoms with van der Waals surface area (Å²) in [5.74, 6) is -1.40. The number of cyclic esters (lactones) is 1. The van der Waals surface area contributed by atoms with Gasteiger partial charge in [0.2, 0.25) is 12.5 Å². The highest BCUT2D eigenvalue weighted by atomic mass is 16.7. The molecule has 0 aromatic heterocycles. The van der Waals surface area contributed by atoms with Gasteiger partial charge in [0, 0.05) is 11.8 Å². The highest BCUT2D eigenvalue weighted by Crippen LogP contribution is 2.55. The lowest BCUT2D eigenvalue weighted by atomic mass is 9.65. The number of phenolic OH excluding ortho intramolecular Hbond substituents is 2. The van der Waals surface area contributed by atoms with Gasteiger partial charge < -0.3 is 39.2 Å². The fraction of sp³-hybridized carbons (Fsp3) is 0.286. The molecule has 0 saturated carbocycles. The first-order valence-electron chi connectivity index (χ1n) is 12.0. The lowest BCUT2D eigenvalue weighted by Gasteiger charge is -2.39. The van der Waals surface area contributed by atoms with Crippen molar-refractivity contribution in [1.82, 2.24) is 5.32 Å². The zero-order valence-electron chi connectivity index (χ0n) is 20.6. The number of amides is 1. The van der Waals surface area contributed by atoms with E-state index in [1.807, 2.05) is 12.1 Å². The number of ether oxygens (including phenoxy) is 5. The molecule has 10 nitrogen and oxygen atoms in total. The Labute approximate surface area is 217 Å². The second-order valence-corrected chi connectivity index (χ2v) is 9.37. The molecule has 38 heavy (non-hydrogen) atoms. The summed E-state index contributed by atoms with van der Waals surface area (Å²) in [6.45, 7) is 0.138. The SMILES string of the molecule is COc1cc([C@@H]2c3cc4c(cc3[C@@H](NC(=O)c3ccccc3O)[C@H]3COC(=O)[C@H]23)OCO4)cc(OC)c1O. The molecule has 0 unspecified atom stereocenters. The lowest BCUT2D eigenvalue weighted by molar-refractivity contribution is -0.141. The molecule has 1 saturated heterocycles. The van der Waals surface area contributed by atoms with E-state index in [2.05, 4.69) is 5.32 Å². The standard InChI is InChI=1S/C28H25NO9/c1-34-21-7-13(8-22(35-2)26(21)31)23-15-9-19-20(38-12-37-19)10-16(15)25(17-11-36-28(33)24(17)23)29-27(32)14-5-3-4-6-18(14)30/h3-10,17,23-25,30-31H,11-12H2,1-2H3,(H,29,32)/t17-,23+,24-,25+/m0/s1. The van der Waals surface area contributed by atoms with Crippen LogP contribution in [-0.2, 0) is 9.53 Å². The summed E-state index contributed by atoms with van der Waals surface area (Å²) in [6, 6.07) is 12.6. The van der Waals surface area contributed by atoms with Gasteiger partial charge in [-0.05, 0) is 53.1 Å². The van der Waals surface area contributed by atoms with Crippen LogP contribution in [-0.4, -0.2) is 49.7 Å². The summed E-state index contributed by atoms with van der Waals surface area (Å²) >= 11 is 0. The van der Waals surface area contributed by atoms with E-state index >= 15 is 0 Å². The lowest BCUT2D eigenvalue weighted by Crippen LogP contribution is -2.42. The Morgan fingerprint density at radius 2 is 1.61 bits per heavy atom. The third-order valence-corrected chi connectivity index (χ3v) is 7.48. The van der Waals surface area contributed by atoms with E-state index in [0.29, 0.717) is 17.1 Å². The van der Waals surface area contributed by atoms with Crippen molar-refractivity contribution >= 4 is 11.9 Å². The van der Waals surface area contributed by atoms with Gasteiger partial charge in [0.25, 0.3) is 5.91 Å². The molecular weight excluding hydrogens is 494 g/mol. The van der Waals surface area contributed by atoms with E-state index in [1.54, 1.807) is 24.3 Å². The molecule has 3 aromatic carbocycles. The zero-order valence-corrected chi connectivity index (χ0v) is 20.6. The van der Waals surface area contributed by atoms with Crippen molar-refractivity contribution in [3.63, 3.8) is 0 Å². The fourth-order valence-electron chi connectivity index (χ4n) is 5.73. The van der Waals surface area contributed by atoms with Crippen LogP contribution in [0, 0.1) is 11.8 Å². The molecule has 2 aliphatic heterocycles. The van der Waals surface area contributed by atoms with Gasteiger partial charge in [0.15, 0.2) is 23.0 Å². The Bertz CT molecular complexity index is 1430. The summed E-state index contributed by atoms with van der Waals surface area (Å²) in [5, 5.41) is 23.8. The third-order valence-electron chi connectivity index (χ3n) is 7.48. The quantitative estimate of drug-likeness (QED) is 0.435. The number of aromatic hydroxyl groups is 2. The van der Waals surface area contributed by atoms with E-state index in [4.69, 9.17) is 23.7 Å². The molecule has 0 spiro atoms. The van der Waals surface area contributed by atoms with Gasteiger partial charge in [-0.2, -0.15) is 0 Å². The average Bonchev–Trinajstić information content (AvgIpc) is 3.54. The fourth-order valence-corrected chi connectivity index (χ4v) is 5.73. The van der Waals surface area contributed by atoms with E-state index in [-0.39, 0.29) is 42.0 Å². The number of carbonyl (C=O) groups excluding carboxylic acids is 2. The average molecular weight is 520 g/mol. The van der Waals surface area contributed by atoms with E-state index in [0.717, 1.165) is 11.1 Å². The van der Waals surface area contributed by atoms with Crippen molar-refractivity contribution < 1.29 is 43.5 Å². The van der Waals surface area contributed by atoms with Gasteiger partial charge in [-0.15, -0.1) is 0 Å². The van der Waals surface area contributed by atoms with Gasteiger partial charge in [0.1, 0.15) is 5.75 Å². The Morgan fingerprint density at radius 1 is 0.947 bits per heavy atom. The Hall–Kier alpha value is -4.60. The van der Waals surface area contributed by atoms with Crippen molar-refractivity contribution in [1.29, 1.82) is 0 Å². The number of hydrogen-bond acceptors (Lipinski definition) is 9. The number of hydrogen-bond donors (Lipinski definition) is 3. The second-order valence-electron chi connectivity index (χ2n) is 9.37. The minimum atomic E-state index is -0.670. The van der Waals surface area contributed by atoms with Crippen molar-refractivity contribution in [2.45, 2.75) is 12.0 Å². The van der Waals surface area contributed by atoms with Crippen LogP contribution < -0.4 is 24.3 Å². The minimum absolute atomic E-state index is 0.0492. The van der Waals surface area contributed by atoms with Crippen LogP contribution in [0.15, 0.2) is 48.5 Å². The number of phenols is 2. The van der Waals surface area contributed by atoms with Gasteiger partial charge in [-0.3, -0.25) is 9.59 Å². The largest absolute Gasteiger partial charge is 0.507 e. The van der Waals surface area contributed by atoms with E-state index in [1.165, 1.54) is 26.4 Å². The molecule has 1 fully saturated rings. The van der Waals surface area contributed by atoms with Crippen LogP contribution in [0.5, 0.6) is 34.5 Å². The monoisotopic (exact) mass is 519 g/mol. The van der Waals surface area contributed by atoms with E-state index in [9.17, 15) is 19.8 Å². The van der Waals surface area contributed by atoms with Crippen molar-refractivity contribution in [3.05, 3.63) is 70.8 Å². The molecule has 3 aliphatic rings. The molecule has 10 heteroatoms. The molecular formula is C28H25NO9. The van der Waals surface area contributed by atoms with Crippen LogP contribution in [0.25, 0.3) is 0 Å². The number of methoxy groups -OCH3 is 2. The number of rotatable bonds is 5. The number of para-hydroxylation sites is 1. The highest BCUT2D eigenvalue weighted by Gasteiger charge is 2.53. The highest BCUT2D eigenvalue weighted by molar-refractivity contribution is 5.97. The number of fused-ring (bicyclic) bond motifs is 3. The first kappa shape index (κ1) is 23.8. The molecule has 2 heterocycles. The normalized spacial score (nSPS) is 22.7. The Morgan fingerprint density at radius 3 is 2.26 bits per heavy atom. The summed E-state index contributed by atoms with van der Waals surface area (Å²) < 4.78 is 27.6. The van der Waals surface area contributed by atoms with Crippen LogP contribution >= 0.6 is 0 Å². The van der Waals surface area contributed by atoms with Gasteiger partial charge in [-0.1, -0.05) is 12.1 Å². The zero-order chi connectivity index (χ0) is 26.6. The molecule has 196 valence electrons. The smallest absolute Gasteiger partial charge is 0.310 e. The molecule has 3 N–H and O–H groups in total. The maximum absolute atomic E-state index is 13.3. The Kier molecular flexibility index (Phi) is 5.67. The molecule has 0 bridgehead atoms. The van der Waals surface area contributed by atoms with Crippen LogP contribution in [0.1, 0.15) is 39.0 Å². The topological polar surface area (TPSA) is 133 Å². The number of esters is 1. The van der Waals surface area contributed by atoms with E-state index < -0.39 is 35.7 Å². The van der Waals surface area contributed by atoms with Gasteiger partial charge >= 0.3 is 5.97 Å². The van der Waals surface area contributed by atoms with Crippen molar-refractivity contribution in [2.24, 2.45) is 11.8 Å². The molecule has 4 atom stereocenters. The molecule has 3 aromatic rings. The summed E-state index contributed by atoms with van der Waals surface area (Å²) in [4.78, 5) is 26.5. The predicted octanol–water partition coefficient (Wildman–Crippen LogP) is 3.25. The van der Waals surface area contributed by atoms with Crippen molar-refractivity contribution in [3.8, 4) is 34.5 Å².